The molecule has 4 aromatic rings. The molecule has 0 amide bonds. The fourth-order valence-electron chi connectivity index (χ4n) is 3.13. The van der Waals surface area contributed by atoms with E-state index < -0.39 is 0 Å². The molecule has 0 aliphatic heterocycles. The number of rotatable bonds is 1. The lowest BCUT2D eigenvalue weighted by Crippen LogP contribution is -1.86. The van der Waals surface area contributed by atoms with E-state index in [0.717, 1.165) is 10.9 Å². The lowest BCUT2D eigenvalue weighted by atomic mass is 9.91. The second-order valence-electron chi connectivity index (χ2n) is 5.29. The Bertz CT molecular complexity index is 1110. The fourth-order valence-corrected chi connectivity index (χ4v) is 3.13. The van der Waals surface area contributed by atoms with Gasteiger partial charge in [-0.15, -0.1) is 0 Å². The molecule has 22 heavy (non-hydrogen) atoms. The van der Waals surface area contributed by atoms with Gasteiger partial charge in [-0.25, -0.2) is 0 Å². The van der Waals surface area contributed by atoms with Crippen molar-refractivity contribution < 1.29 is 0 Å². The zero-order chi connectivity index (χ0) is 15.1. The molecule has 0 radical (unpaired) electrons. The van der Waals surface area contributed by atoms with Gasteiger partial charge in [-0.1, -0.05) is 54.6 Å². The molecule has 0 spiro atoms. The predicted octanol–water partition coefficient (Wildman–Crippen LogP) is 5.01. The summed E-state index contributed by atoms with van der Waals surface area (Å²) in [6, 6.07) is 22.6. The molecule has 0 saturated heterocycles. The van der Waals surface area contributed by atoms with E-state index in [1.54, 1.807) is 6.08 Å². The van der Waals surface area contributed by atoms with Gasteiger partial charge >= 0.3 is 0 Å². The van der Waals surface area contributed by atoms with E-state index >= 15 is 0 Å². The summed E-state index contributed by atoms with van der Waals surface area (Å²) in [7, 11) is 0. The molecule has 4 aromatic carbocycles. The van der Waals surface area contributed by atoms with Crippen LogP contribution < -0.4 is 0 Å². The monoisotopic (exact) mass is 278 g/mol. The number of nitrogens with zero attached hydrogens (tertiary/aromatic N) is 2. The summed E-state index contributed by atoms with van der Waals surface area (Å²) in [5, 5.41) is 25.1. The summed E-state index contributed by atoms with van der Waals surface area (Å²) in [5.41, 5.74) is 1.03. The van der Waals surface area contributed by atoms with E-state index in [9.17, 15) is 0 Å². The summed E-state index contributed by atoms with van der Waals surface area (Å²) >= 11 is 0. The molecule has 0 unspecified atom stereocenters. The maximum atomic E-state index is 8.99. The molecule has 0 saturated carbocycles. The normalized spacial score (nSPS) is 10.6. The molecule has 4 rings (SSSR count). The number of allylic oxidation sites excluding steroid dienone is 1. The minimum absolute atomic E-state index is 0.120. The van der Waals surface area contributed by atoms with Crippen molar-refractivity contribution in [3.63, 3.8) is 0 Å². The van der Waals surface area contributed by atoms with E-state index in [2.05, 4.69) is 42.5 Å². The van der Waals surface area contributed by atoms with Crippen LogP contribution in [0.3, 0.4) is 0 Å². The maximum absolute atomic E-state index is 8.99. The first-order valence-corrected chi connectivity index (χ1v) is 7.00. The van der Waals surface area contributed by atoms with E-state index in [1.165, 1.54) is 26.9 Å². The van der Waals surface area contributed by atoms with Gasteiger partial charge in [0.2, 0.25) is 0 Å². The van der Waals surface area contributed by atoms with E-state index in [0.29, 0.717) is 0 Å². The number of benzene rings is 4. The van der Waals surface area contributed by atoms with Crippen LogP contribution in [0, 0.1) is 22.7 Å². The first-order valence-electron chi connectivity index (χ1n) is 7.00. The van der Waals surface area contributed by atoms with Gasteiger partial charge in [-0.3, -0.25) is 0 Å². The van der Waals surface area contributed by atoms with Crippen molar-refractivity contribution in [2.75, 3.05) is 0 Å². The third-order valence-corrected chi connectivity index (χ3v) is 4.10. The minimum atomic E-state index is 0.120. The van der Waals surface area contributed by atoms with Crippen LogP contribution in [0.5, 0.6) is 0 Å². The first kappa shape index (κ1) is 12.4. The summed E-state index contributed by atoms with van der Waals surface area (Å²) in [6.45, 7) is 0. The Morgan fingerprint density at radius 2 is 1.32 bits per heavy atom. The van der Waals surface area contributed by atoms with Crippen LogP contribution in [0.15, 0.2) is 60.2 Å². The highest BCUT2D eigenvalue weighted by molar-refractivity contribution is 6.24. The molecule has 0 aromatic heterocycles. The zero-order valence-corrected chi connectivity index (χ0v) is 11.7. The molecule has 0 heterocycles. The Labute approximate surface area is 127 Å². The smallest absolute Gasteiger partial charge is 0.130 e. The highest BCUT2D eigenvalue weighted by Crippen LogP contribution is 2.36. The zero-order valence-electron chi connectivity index (χ0n) is 11.7. The van der Waals surface area contributed by atoms with Crippen molar-refractivity contribution in [3.8, 4) is 12.1 Å². The molecule has 0 fully saturated rings. The van der Waals surface area contributed by atoms with Crippen LogP contribution >= 0.6 is 0 Å². The fraction of sp³-hybridized carbons (Fsp3) is 0. The minimum Gasteiger partial charge on any atom is -0.192 e. The van der Waals surface area contributed by atoms with Crippen LogP contribution in [0.1, 0.15) is 5.56 Å². The van der Waals surface area contributed by atoms with Crippen LogP contribution in [0.25, 0.3) is 38.4 Å². The molecule has 0 atom stereocenters. The van der Waals surface area contributed by atoms with Crippen molar-refractivity contribution in [1.29, 1.82) is 10.5 Å². The van der Waals surface area contributed by atoms with Crippen molar-refractivity contribution in [1.82, 2.24) is 0 Å². The van der Waals surface area contributed by atoms with E-state index in [4.69, 9.17) is 10.5 Å². The van der Waals surface area contributed by atoms with Gasteiger partial charge in [0, 0.05) is 0 Å². The molecule has 0 aliphatic carbocycles. The topological polar surface area (TPSA) is 47.6 Å². The van der Waals surface area contributed by atoms with E-state index in [-0.39, 0.29) is 5.57 Å². The molecule has 0 bridgehead atoms. The summed E-state index contributed by atoms with van der Waals surface area (Å²) in [5.74, 6) is 0. The number of hydrogen-bond acceptors (Lipinski definition) is 2. The Morgan fingerprint density at radius 3 is 2.00 bits per heavy atom. The molecule has 100 valence electrons. The van der Waals surface area contributed by atoms with Crippen molar-refractivity contribution in [2.45, 2.75) is 0 Å². The Kier molecular flexibility index (Phi) is 2.58. The van der Waals surface area contributed by atoms with Gasteiger partial charge < -0.3 is 0 Å². The number of nitriles is 2. The van der Waals surface area contributed by atoms with Crippen molar-refractivity contribution >= 4 is 38.4 Å². The van der Waals surface area contributed by atoms with Crippen molar-refractivity contribution in [3.05, 3.63) is 65.7 Å². The summed E-state index contributed by atoms with van der Waals surface area (Å²) in [4.78, 5) is 0. The van der Waals surface area contributed by atoms with Crippen LogP contribution in [0.4, 0.5) is 0 Å². The Hall–Kier alpha value is -3.36. The van der Waals surface area contributed by atoms with Gasteiger partial charge in [-0.05, 0) is 44.0 Å². The van der Waals surface area contributed by atoms with Gasteiger partial charge in [0.1, 0.15) is 17.7 Å². The SMILES string of the molecule is N#CC(C#N)=Cc1ccc2ccc3cccc4ccc1c2c34. The third-order valence-electron chi connectivity index (χ3n) is 4.10. The molecule has 0 N–H and O–H groups in total. The first-order chi connectivity index (χ1) is 10.8. The summed E-state index contributed by atoms with van der Waals surface area (Å²) in [6.07, 6.45) is 1.66. The standard InChI is InChI=1S/C20H10N2/c21-11-13(12-22)10-17-7-6-16-5-4-14-2-1-3-15-8-9-18(17)20(16)19(14)15/h1-10H. The quantitative estimate of drug-likeness (QED) is 0.363. The lowest BCUT2D eigenvalue weighted by molar-refractivity contribution is 1.47. The number of hydrogen-bond donors (Lipinski definition) is 0. The highest BCUT2D eigenvalue weighted by Gasteiger charge is 2.10. The van der Waals surface area contributed by atoms with Gasteiger partial charge in [0.15, 0.2) is 0 Å². The molecule has 2 heteroatoms. The maximum Gasteiger partial charge on any atom is 0.130 e. The average molecular weight is 278 g/mol. The Morgan fingerprint density at radius 1 is 0.727 bits per heavy atom. The summed E-state index contributed by atoms with van der Waals surface area (Å²) < 4.78 is 0. The van der Waals surface area contributed by atoms with Crippen LogP contribution in [0.2, 0.25) is 0 Å². The second-order valence-corrected chi connectivity index (χ2v) is 5.29. The van der Waals surface area contributed by atoms with Crippen LogP contribution in [-0.4, -0.2) is 0 Å². The highest BCUT2D eigenvalue weighted by atomic mass is 14.3. The Balaban J connectivity index is 2.21. The van der Waals surface area contributed by atoms with Gasteiger partial charge in [0.05, 0.1) is 0 Å². The molecular formula is C20H10N2. The van der Waals surface area contributed by atoms with Crippen molar-refractivity contribution in [2.24, 2.45) is 0 Å². The predicted molar refractivity (Wildman–Crippen MR) is 89.3 cm³/mol. The van der Waals surface area contributed by atoms with E-state index in [1.807, 2.05) is 24.3 Å². The largest absolute Gasteiger partial charge is 0.192 e. The molecule has 2 nitrogen and oxygen atoms in total. The lowest BCUT2D eigenvalue weighted by Gasteiger charge is -2.12. The molecule has 0 aliphatic rings. The van der Waals surface area contributed by atoms with Crippen LogP contribution in [-0.2, 0) is 0 Å². The average Bonchev–Trinajstić information content (AvgIpc) is 2.58. The second kappa shape index (κ2) is 4.58. The van der Waals surface area contributed by atoms with Gasteiger partial charge in [-0.2, -0.15) is 10.5 Å². The van der Waals surface area contributed by atoms with Gasteiger partial charge in [0.25, 0.3) is 0 Å². The third kappa shape index (κ3) is 1.65. The molecular weight excluding hydrogens is 268 g/mol.